The van der Waals surface area contributed by atoms with Crippen LogP contribution in [0.1, 0.15) is 33.1 Å². The molecule has 1 amide bonds. The maximum Gasteiger partial charge on any atom is 0.260 e. The summed E-state index contributed by atoms with van der Waals surface area (Å²) in [5, 5.41) is 3.16. The van der Waals surface area contributed by atoms with E-state index in [2.05, 4.69) is 10.8 Å². The van der Waals surface area contributed by atoms with Crippen LogP contribution in [0, 0.1) is 5.92 Å². The zero-order valence-corrected chi connectivity index (χ0v) is 9.01. The summed E-state index contributed by atoms with van der Waals surface area (Å²) < 4.78 is 0. The molecule has 4 nitrogen and oxygen atoms in total. The molecule has 1 heterocycles. The number of piperidine rings is 1. The van der Waals surface area contributed by atoms with Crippen LogP contribution in [0.4, 0.5) is 0 Å². The predicted octanol–water partition coefficient (Wildman–Crippen LogP) is 0.832. The molecule has 0 aromatic rings. The number of amides is 1. The third kappa shape index (κ3) is 4.07. The van der Waals surface area contributed by atoms with Crippen molar-refractivity contribution in [2.24, 2.45) is 5.92 Å². The van der Waals surface area contributed by atoms with Gasteiger partial charge in [0.05, 0.1) is 12.6 Å². The van der Waals surface area contributed by atoms with Crippen molar-refractivity contribution in [2.45, 2.75) is 39.2 Å². The number of hydrogen-bond donors (Lipinski definition) is 2. The van der Waals surface area contributed by atoms with E-state index in [0.717, 1.165) is 25.8 Å². The Bertz CT molecular complexity index is 177. The summed E-state index contributed by atoms with van der Waals surface area (Å²) in [6, 6.07) is -0.0593. The molecule has 1 fully saturated rings. The number of carbonyl (C=O) groups is 1. The van der Waals surface area contributed by atoms with E-state index in [1.165, 1.54) is 0 Å². The van der Waals surface area contributed by atoms with Gasteiger partial charge in [-0.2, -0.15) is 0 Å². The Morgan fingerprint density at radius 1 is 1.57 bits per heavy atom. The molecule has 0 aromatic carbocycles. The summed E-state index contributed by atoms with van der Waals surface area (Å²) >= 11 is 0. The molecular formula is C10H20N2O2. The van der Waals surface area contributed by atoms with Gasteiger partial charge in [-0.05, 0) is 25.3 Å². The average Bonchev–Trinajstić information content (AvgIpc) is 2.18. The second-order valence-corrected chi connectivity index (χ2v) is 4.17. The summed E-state index contributed by atoms with van der Waals surface area (Å²) in [4.78, 5) is 16.6. The van der Waals surface area contributed by atoms with Gasteiger partial charge in [0.25, 0.3) is 5.91 Å². The van der Waals surface area contributed by atoms with Gasteiger partial charge in [0, 0.05) is 0 Å². The van der Waals surface area contributed by atoms with E-state index in [1.54, 1.807) is 0 Å². The molecule has 0 bridgehead atoms. The van der Waals surface area contributed by atoms with E-state index in [-0.39, 0.29) is 11.9 Å². The normalized spacial score (nSPS) is 22.4. The highest BCUT2D eigenvalue weighted by Gasteiger charge is 2.20. The van der Waals surface area contributed by atoms with Crippen molar-refractivity contribution in [3.8, 4) is 0 Å². The second-order valence-electron chi connectivity index (χ2n) is 4.17. The zero-order chi connectivity index (χ0) is 10.4. The topological polar surface area (TPSA) is 50.4 Å². The van der Waals surface area contributed by atoms with E-state index in [9.17, 15) is 4.79 Å². The predicted molar refractivity (Wildman–Crippen MR) is 54.6 cm³/mol. The number of rotatable bonds is 4. The van der Waals surface area contributed by atoms with Crippen LogP contribution < -0.4 is 10.8 Å². The van der Waals surface area contributed by atoms with Crippen molar-refractivity contribution in [1.82, 2.24) is 10.8 Å². The standard InChI is InChI=1S/C10H20N2O2/c1-8(2)7-14-12-10(13)9-5-3-4-6-11-9/h8-9,11H,3-7H2,1-2H3,(H,12,13)/t9-/m1/s1. The van der Waals surface area contributed by atoms with E-state index in [1.807, 2.05) is 13.8 Å². The molecule has 0 saturated carbocycles. The van der Waals surface area contributed by atoms with Gasteiger partial charge in [-0.25, -0.2) is 5.48 Å². The smallest absolute Gasteiger partial charge is 0.260 e. The molecule has 1 aliphatic rings. The SMILES string of the molecule is CC(C)CONC(=O)[C@H]1CCCCN1. The lowest BCUT2D eigenvalue weighted by atomic mass is 10.1. The molecule has 0 radical (unpaired) electrons. The van der Waals surface area contributed by atoms with Crippen molar-refractivity contribution >= 4 is 5.91 Å². The molecular weight excluding hydrogens is 180 g/mol. The summed E-state index contributed by atoms with van der Waals surface area (Å²) in [5.41, 5.74) is 2.48. The van der Waals surface area contributed by atoms with Gasteiger partial charge in [-0.15, -0.1) is 0 Å². The number of nitrogens with one attached hydrogen (secondary N) is 2. The first-order chi connectivity index (χ1) is 6.70. The Morgan fingerprint density at radius 2 is 2.36 bits per heavy atom. The largest absolute Gasteiger partial charge is 0.306 e. The van der Waals surface area contributed by atoms with E-state index < -0.39 is 0 Å². The fourth-order valence-electron chi connectivity index (χ4n) is 1.43. The fourth-order valence-corrected chi connectivity index (χ4v) is 1.43. The van der Waals surface area contributed by atoms with Crippen LogP contribution in [0.2, 0.25) is 0 Å². The Morgan fingerprint density at radius 3 is 2.93 bits per heavy atom. The van der Waals surface area contributed by atoms with Gasteiger partial charge in [0.2, 0.25) is 0 Å². The number of carbonyl (C=O) groups excluding carboxylic acids is 1. The quantitative estimate of drug-likeness (QED) is 0.661. The van der Waals surface area contributed by atoms with Crippen LogP contribution in [-0.4, -0.2) is 25.1 Å². The maximum atomic E-state index is 11.5. The molecule has 1 saturated heterocycles. The van der Waals surface area contributed by atoms with Gasteiger partial charge < -0.3 is 5.32 Å². The van der Waals surface area contributed by atoms with Crippen LogP contribution in [0.25, 0.3) is 0 Å². The molecule has 0 aliphatic carbocycles. The zero-order valence-electron chi connectivity index (χ0n) is 9.01. The van der Waals surface area contributed by atoms with E-state index >= 15 is 0 Å². The number of hydroxylamine groups is 1. The van der Waals surface area contributed by atoms with E-state index in [0.29, 0.717) is 12.5 Å². The lowest BCUT2D eigenvalue weighted by Gasteiger charge is -2.22. The summed E-state index contributed by atoms with van der Waals surface area (Å²) in [6.45, 7) is 5.59. The van der Waals surface area contributed by atoms with Gasteiger partial charge >= 0.3 is 0 Å². The van der Waals surface area contributed by atoms with Crippen molar-refractivity contribution in [1.29, 1.82) is 0 Å². The molecule has 82 valence electrons. The molecule has 0 unspecified atom stereocenters. The molecule has 0 spiro atoms. The molecule has 1 atom stereocenters. The summed E-state index contributed by atoms with van der Waals surface area (Å²) in [7, 11) is 0. The minimum Gasteiger partial charge on any atom is -0.306 e. The van der Waals surface area contributed by atoms with Gasteiger partial charge in [-0.3, -0.25) is 9.63 Å². The van der Waals surface area contributed by atoms with Crippen molar-refractivity contribution in [3.05, 3.63) is 0 Å². The van der Waals surface area contributed by atoms with Gasteiger partial charge in [-0.1, -0.05) is 20.3 Å². The highest BCUT2D eigenvalue weighted by molar-refractivity contribution is 5.80. The first-order valence-corrected chi connectivity index (χ1v) is 5.35. The highest BCUT2D eigenvalue weighted by atomic mass is 16.7. The van der Waals surface area contributed by atoms with Crippen LogP contribution in [0.15, 0.2) is 0 Å². The highest BCUT2D eigenvalue weighted by Crippen LogP contribution is 2.06. The Hall–Kier alpha value is -0.610. The van der Waals surface area contributed by atoms with Crippen LogP contribution >= 0.6 is 0 Å². The second kappa shape index (κ2) is 5.98. The van der Waals surface area contributed by atoms with Gasteiger partial charge in [0.1, 0.15) is 0 Å². The first-order valence-electron chi connectivity index (χ1n) is 5.35. The lowest BCUT2D eigenvalue weighted by molar-refractivity contribution is -0.137. The third-order valence-electron chi connectivity index (χ3n) is 2.22. The van der Waals surface area contributed by atoms with Gasteiger partial charge in [0.15, 0.2) is 0 Å². The average molecular weight is 200 g/mol. The number of hydrogen-bond acceptors (Lipinski definition) is 3. The third-order valence-corrected chi connectivity index (χ3v) is 2.22. The van der Waals surface area contributed by atoms with E-state index in [4.69, 9.17) is 4.84 Å². The molecule has 14 heavy (non-hydrogen) atoms. The maximum absolute atomic E-state index is 11.5. The van der Waals surface area contributed by atoms with Crippen LogP contribution in [-0.2, 0) is 9.63 Å². The van der Waals surface area contributed by atoms with Crippen LogP contribution in [0.5, 0.6) is 0 Å². The fraction of sp³-hybridized carbons (Fsp3) is 0.900. The summed E-state index contributed by atoms with van der Waals surface area (Å²) in [6.07, 6.45) is 3.20. The Balaban J connectivity index is 2.13. The molecule has 0 aromatic heterocycles. The Kier molecular flexibility index (Phi) is 4.90. The molecule has 1 aliphatic heterocycles. The first kappa shape index (κ1) is 11.5. The van der Waals surface area contributed by atoms with Crippen molar-refractivity contribution < 1.29 is 9.63 Å². The monoisotopic (exact) mass is 200 g/mol. The Labute approximate surface area is 85.3 Å². The molecule has 1 rings (SSSR count). The minimum absolute atomic E-state index is 0.0367. The van der Waals surface area contributed by atoms with Crippen molar-refractivity contribution in [3.63, 3.8) is 0 Å². The van der Waals surface area contributed by atoms with Crippen LogP contribution in [0.3, 0.4) is 0 Å². The molecule has 2 N–H and O–H groups in total. The van der Waals surface area contributed by atoms with Crippen molar-refractivity contribution in [2.75, 3.05) is 13.2 Å². The minimum atomic E-state index is -0.0593. The molecule has 4 heteroatoms. The summed E-state index contributed by atoms with van der Waals surface area (Å²) in [5.74, 6) is 0.403. The lowest BCUT2D eigenvalue weighted by Crippen LogP contribution is -2.46.